The number of carbonyl (C=O) groups excluding carboxylic acids is 3. The first-order chi connectivity index (χ1) is 11.6. The first-order valence-electron chi connectivity index (χ1n) is 8.86. The lowest BCUT2D eigenvalue weighted by Gasteiger charge is -2.16. The number of rotatable bonds is 9. The van der Waals surface area contributed by atoms with E-state index in [-0.39, 0.29) is 29.9 Å². The molecule has 2 aliphatic heterocycles. The Kier molecular flexibility index (Phi) is 7.68. The van der Waals surface area contributed by atoms with Crippen molar-refractivity contribution in [2.45, 2.75) is 75.6 Å². The summed E-state index contributed by atoms with van der Waals surface area (Å²) in [7, 11) is 0. The summed E-state index contributed by atoms with van der Waals surface area (Å²) in [6.45, 7) is 2.08. The second-order valence-electron chi connectivity index (χ2n) is 6.42. The van der Waals surface area contributed by atoms with E-state index in [2.05, 4.69) is 28.4 Å². The zero-order chi connectivity index (χ0) is 17.4. The highest BCUT2D eigenvalue weighted by atomic mass is 32.2. The number of carbonyl (C=O) groups is 3. The third-order valence-electron chi connectivity index (χ3n) is 4.43. The van der Waals surface area contributed by atoms with Crippen LogP contribution >= 0.6 is 11.8 Å². The number of thioether (sulfide) groups is 1. The van der Waals surface area contributed by atoms with Gasteiger partial charge in [-0.05, 0) is 19.3 Å². The molecule has 0 spiro atoms. The van der Waals surface area contributed by atoms with Gasteiger partial charge in [0, 0.05) is 23.8 Å². The van der Waals surface area contributed by atoms with E-state index in [0.717, 1.165) is 44.3 Å². The molecule has 0 aromatic carbocycles. The van der Waals surface area contributed by atoms with Crippen LogP contribution in [0.3, 0.4) is 0 Å². The molecule has 136 valence electrons. The summed E-state index contributed by atoms with van der Waals surface area (Å²) in [5, 5.41) is 6.32. The van der Waals surface area contributed by atoms with E-state index >= 15 is 0 Å². The van der Waals surface area contributed by atoms with Gasteiger partial charge in [-0.2, -0.15) is 11.8 Å². The molecule has 0 saturated carbocycles. The number of fused-ring (bicyclic) bond motifs is 1. The van der Waals surface area contributed by atoms with Gasteiger partial charge < -0.3 is 10.6 Å². The van der Waals surface area contributed by atoms with Crippen LogP contribution in [-0.4, -0.2) is 40.9 Å². The van der Waals surface area contributed by atoms with Gasteiger partial charge in [0.15, 0.2) is 0 Å². The molecule has 0 aromatic heterocycles. The summed E-state index contributed by atoms with van der Waals surface area (Å²) in [6, 6.07) is 0.404. The highest BCUT2D eigenvalue weighted by Gasteiger charge is 2.42. The maximum absolute atomic E-state index is 11.7. The first kappa shape index (κ1) is 18.9. The van der Waals surface area contributed by atoms with Crippen LogP contribution in [0.25, 0.3) is 0 Å². The van der Waals surface area contributed by atoms with Crippen molar-refractivity contribution >= 4 is 29.6 Å². The molecule has 2 rings (SSSR count). The molecule has 7 nitrogen and oxygen atoms in total. The SMILES string of the molecule is CCCCCC(=O)NNC(=O)CCCC[C@@H]1SC[C@@H]2NC(=O)N[C@@H]21. The lowest BCUT2D eigenvalue weighted by atomic mass is 10.0. The van der Waals surface area contributed by atoms with Crippen LogP contribution in [0.5, 0.6) is 0 Å². The van der Waals surface area contributed by atoms with Crippen molar-refractivity contribution in [2.75, 3.05) is 5.75 Å². The van der Waals surface area contributed by atoms with Crippen molar-refractivity contribution < 1.29 is 14.4 Å². The van der Waals surface area contributed by atoms with E-state index in [4.69, 9.17) is 0 Å². The molecule has 2 saturated heterocycles. The van der Waals surface area contributed by atoms with Crippen LogP contribution in [0.15, 0.2) is 0 Å². The number of unbranched alkanes of at least 4 members (excludes halogenated alkanes) is 3. The van der Waals surface area contributed by atoms with E-state index < -0.39 is 0 Å². The van der Waals surface area contributed by atoms with Crippen LogP contribution in [0.1, 0.15) is 58.3 Å². The molecule has 0 unspecified atom stereocenters. The Balaban J connectivity index is 1.50. The largest absolute Gasteiger partial charge is 0.332 e. The molecular formula is C16H28N4O3S. The summed E-state index contributed by atoms with van der Waals surface area (Å²) in [5.41, 5.74) is 4.93. The van der Waals surface area contributed by atoms with Gasteiger partial charge in [0.05, 0.1) is 12.1 Å². The Bertz CT molecular complexity index is 461. The normalized spacial score (nSPS) is 24.9. The summed E-state index contributed by atoms with van der Waals surface area (Å²) >= 11 is 1.88. The van der Waals surface area contributed by atoms with Crippen molar-refractivity contribution in [1.82, 2.24) is 21.5 Å². The minimum atomic E-state index is -0.147. The number of hydrogen-bond donors (Lipinski definition) is 4. The average molecular weight is 356 g/mol. The zero-order valence-electron chi connectivity index (χ0n) is 14.2. The Hall–Kier alpha value is -1.44. The molecule has 0 aromatic rings. The van der Waals surface area contributed by atoms with E-state index in [9.17, 15) is 14.4 Å². The first-order valence-corrected chi connectivity index (χ1v) is 9.91. The Morgan fingerprint density at radius 1 is 1.08 bits per heavy atom. The monoisotopic (exact) mass is 356 g/mol. The van der Waals surface area contributed by atoms with Gasteiger partial charge in [-0.3, -0.25) is 20.4 Å². The Morgan fingerprint density at radius 3 is 2.42 bits per heavy atom. The quantitative estimate of drug-likeness (QED) is 0.285. The predicted octanol–water partition coefficient (Wildman–Crippen LogP) is 1.44. The standard InChI is InChI=1S/C16H28N4O3S/c1-2-3-4-8-13(21)19-20-14(22)9-6-5-7-12-15-11(10-24-12)17-16(23)18-15/h11-12,15H,2-10H2,1H3,(H,19,21)(H,20,22)(H2,17,18,23)/t11-,12-,15-/m0/s1. The molecule has 0 bridgehead atoms. The molecule has 0 radical (unpaired) electrons. The van der Waals surface area contributed by atoms with Crippen molar-refractivity contribution in [3.05, 3.63) is 0 Å². The highest BCUT2D eigenvalue weighted by Crippen LogP contribution is 2.33. The smallest absolute Gasteiger partial charge is 0.315 e. The fourth-order valence-corrected chi connectivity index (χ4v) is 4.62. The topological polar surface area (TPSA) is 99.3 Å². The predicted molar refractivity (Wildman–Crippen MR) is 94.4 cm³/mol. The second-order valence-corrected chi connectivity index (χ2v) is 7.69. The van der Waals surface area contributed by atoms with Gasteiger partial charge in [-0.15, -0.1) is 0 Å². The van der Waals surface area contributed by atoms with Gasteiger partial charge in [0.2, 0.25) is 11.8 Å². The lowest BCUT2D eigenvalue weighted by Crippen LogP contribution is -2.41. The minimum Gasteiger partial charge on any atom is -0.332 e. The summed E-state index contributed by atoms with van der Waals surface area (Å²) < 4.78 is 0. The maximum Gasteiger partial charge on any atom is 0.315 e. The van der Waals surface area contributed by atoms with Gasteiger partial charge in [-0.1, -0.05) is 26.2 Å². The van der Waals surface area contributed by atoms with E-state index in [1.807, 2.05) is 11.8 Å². The molecule has 24 heavy (non-hydrogen) atoms. The molecule has 8 heteroatoms. The molecule has 2 fully saturated rings. The summed E-state index contributed by atoms with van der Waals surface area (Å²) in [4.78, 5) is 34.5. The molecule has 2 aliphatic rings. The van der Waals surface area contributed by atoms with Crippen molar-refractivity contribution in [3.63, 3.8) is 0 Å². The van der Waals surface area contributed by atoms with E-state index in [1.165, 1.54) is 0 Å². The number of amides is 4. The van der Waals surface area contributed by atoms with Gasteiger partial charge in [0.1, 0.15) is 0 Å². The molecule has 2 heterocycles. The fraction of sp³-hybridized carbons (Fsp3) is 0.812. The van der Waals surface area contributed by atoms with Crippen molar-refractivity contribution in [1.29, 1.82) is 0 Å². The summed E-state index contributed by atoms with van der Waals surface area (Å²) in [5.74, 6) is 0.680. The van der Waals surface area contributed by atoms with Crippen LogP contribution in [-0.2, 0) is 9.59 Å². The zero-order valence-corrected chi connectivity index (χ0v) is 15.0. The second kappa shape index (κ2) is 9.76. The molecule has 0 aliphatic carbocycles. The Morgan fingerprint density at radius 2 is 1.75 bits per heavy atom. The molecule has 3 atom stereocenters. The van der Waals surface area contributed by atoms with Crippen molar-refractivity contribution in [2.24, 2.45) is 0 Å². The molecule has 4 amide bonds. The average Bonchev–Trinajstić information content (AvgIpc) is 3.09. The minimum absolute atomic E-state index is 0.0654. The Labute approximate surface area is 147 Å². The number of hydrogen-bond acceptors (Lipinski definition) is 4. The highest BCUT2D eigenvalue weighted by molar-refractivity contribution is 8.00. The third-order valence-corrected chi connectivity index (χ3v) is 5.94. The van der Waals surface area contributed by atoms with E-state index in [1.54, 1.807) is 0 Å². The van der Waals surface area contributed by atoms with E-state index in [0.29, 0.717) is 18.1 Å². The van der Waals surface area contributed by atoms with Gasteiger partial charge >= 0.3 is 6.03 Å². The summed E-state index contributed by atoms with van der Waals surface area (Å²) in [6.07, 6.45) is 6.52. The van der Waals surface area contributed by atoms with Crippen LogP contribution in [0.2, 0.25) is 0 Å². The lowest BCUT2D eigenvalue weighted by molar-refractivity contribution is -0.129. The molecular weight excluding hydrogens is 328 g/mol. The van der Waals surface area contributed by atoms with Gasteiger partial charge in [-0.25, -0.2) is 4.79 Å². The number of nitrogens with one attached hydrogen (secondary N) is 4. The van der Waals surface area contributed by atoms with Crippen molar-refractivity contribution in [3.8, 4) is 0 Å². The maximum atomic E-state index is 11.7. The van der Waals surface area contributed by atoms with Crippen LogP contribution in [0, 0.1) is 0 Å². The van der Waals surface area contributed by atoms with Gasteiger partial charge in [0.25, 0.3) is 0 Å². The fourth-order valence-electron chi connectivity index (χ4n) is 3.07. The molecule has 4 N–H and O–H groups in total. The number of urea groups is 1. The third kappa shape index (κ3) is 5.89. The number of hydrazine groups is 1. The van der Waals surface area contributed by atoms with Crippen LogP contribution < -0.4 is 21.5 Å². The van der Waals surface area contributed by atoms with Crippen LogP contribution in [0.4, 0.5) is 4.79 Å².